The predicted molar refractivity (Wildman–Crippen MR) is 149 cm³/mol. The Bertz CT molecular complexity index is 1250. The van der Waals surface area contributed by atoms with Crippen LogP contribution in [0.4, 0.5) is 5.82 Å². The lowest BCUT2D eigenvalue weighted by molar-refractivity contribution is -0.126. The van der Waals surface area contributed by atoms with Crippen molar-refractivity contribution in [1.29, 1.82) is 0 Å². The molecule has 0 unspecified atom stereocenters. The molecule has 1 amide bonds. The summed E-state index contributed by atoms with van der Waals surface area (Å²) in [5.41, 5.74) is 1.91. The average molecular weight is 518 g/mol. The van der Waals surface area contributed by atoms with Gasteiger partial charge in [0.2, 0.25) is 5.91 Å². The van der Waals surface area contributed by atoms with Crippen LogP contribution in [0.15, 0.2) is 48.9 Å². The highest BCUT2D eigenvalue weighted by Crippen LogP contribution is 2.25. The summed E-state index contributed by atoms with van der Waals surface area (Å²) in [6.07, 6.45) is 9.66. The molecule has 202 valence electrons. The summed E-state index contributed by atoms with van der Waals surface area (Å²) in [5.74, 6) is 2.35. The van der Waals surface area contributed by atoms with Crippen molar-refractivity contribution < 1.29 is 9.53 Å². The Morgan fingerprint density at radius 1 is 1.11 bits per heavy atom. The van der Waals surface area contributed by atoms with Crippen molar-refractivity contribution >= 4 is 22.8 Å². The number of carbonyl (C=O) groups is 1. The highest BCUT2D eigenvalue weighted by Gasteiger charge is 2.24. The fraction of sp³-hybridized carbons (Fsp3) is 0.517. The van der Waals surface area contributed by atoms with Gasteiger partial charge < -0.3 is 19.4 Å². The summed E-state index contributed by atoms with van der Waals surface area (Å²) >= 11 is 0. The van der Waals surface area contributed by atoms with E-state index in [4.69, 9.17) is 4.74 Å². The Hall–Kier alpha value is -3.46. The first-order valence-electron chi connectivity index (χ1n) is 13.9. The van der Waals surface area contributed by atoms with Crippen LogP contribution in [0.3, 0.4) is 0 Å². The molecule has 2 saturated heterocycles. The molecule has 0 atom stereocenters. The smallest absolute Gasteiger partial charge is 0.246 e. The van der Waals surface area contributed by atoms with Gasteiger partial charge in [-0.15, -0.1) is 0 Å². The molecule has 0 saturated carbocycles. The van der Waals surface area contributed by atoms with Gasteiger partial charge in [0.15, 0.2) is 5.65 Å². The molecule has 2 aromatic heterocycles. The number of fused-ring (bicyclic) bond motifs is 1. The van der Waals surface area contributed by atoms with Gasteiger partial charge >= 0.3 is 0 Å². The van der Waals surface area contributed by atoms with Gasteiger partial charge in [-0.3, -0.25) is 4.79 Å². The number of hydrogen-bond donors (Lipinski definition) is 0. The zero-order valence-corrected chi connectivity index (χ0v) is 22.8. The number of piperidine rings is 1. The number of rotatable bonds is 8. The van der Waals surface area contributed by atoms with Crippen molar-refractivity contribution in [2.75, 3.05) is 50.8 Å². The van der Waals surface area contributed by atoms with Crippen LogP contribution >= 0.6 is 0 Å². The number of benzene rings is 1. The zero-order chi connectivity index (χ0) is 26.5. The Balaban J connectivity index is 1.19. The maximum Gasteiger partial charge on any atom is 0.246 e. The fourth-order valence-corrected chi connectivity index (χ4v) is 5.41. The fourth-order valence-electron chi connectivity index (χ4n) is 5.41. The van der Waals surface area contributed by atoms with E-state index in [9.17, 15) is 4.79 Å². The molecule has 0 bridgehead atoms. The minimum Gasteiger partial charge on any atom is -0.494 e. The first-order chi connectivity index (χ1) is 18.5. The lowest BCUT2D eigenvalue weighted by Crippen LogP contribution is -2.48. The molecule has 4 heterocycles. The summed E-state index contributed by atoms with van der Waals surface area (Å²) in [4.78, 5) is 28.7. The molecule has 2 aliphatic heterocycles. The number of likely N-dealkylation sites (tertiary alicyclic amines) is 1. The van der Waals surface area contributed by atoms with Gasteiger partial charge in [0, 0.05) is 32.2 Å². The van der Waals surface area contributed by atoms with Crippen LogP contribution in [0, 0.1) is 5.92 Å². The normalized spacial score (nSPS) is 17.7. The van der Waals surface area contributed by atoms with Crippen molar-refractivity contribution in [3.63, 3.8) is 0 Å². The number of anilines is 1. The van der Waals surface area contributed by atoms with Crippen LogP contribution in [0.5, 0.6) is 5.75 Å². The van der Waals surface area contributed by atoms with Crippen LogP contribution in [0.2, 0.25) is 0 Å². The van der Waals surface area contributed by atoms with E-state index >= 15 is 0 Å². The second-order valence-electron chi connectivity index (χ2n) is 10.5. The minimum absolute atomic E-state index is 0.117. The summed E-state index contributed by atoms with van der Waals surface area (Å²) in [6.45, 7) is 12.8. The molecule has 5 rings (SSSR count). The van der Waals surface area contributed by atoms with E-state index in [1.165, 1.54) is 0 Å². The van der Waals surface area contributed by atoms with Gasteiger partial charge in [0.25, 0.3) is 0 Å². The highest BCUT2D eigenvalue weighted by atomic mass is 16.5. The number of aromatic nitrogens is 4. The first kappa shape index (κ1) is 26.2. The van der Waals surface area contributed by atoms with Gasteiger partial charge in [-0.2, -0.15) is 5.10 Å². The van der Waals surface area contributed by atoms with Crippen LogP contribution < -0.4 is 9.64 Å². The van der Waals surface area contributed by atoms with E-state index in [1.54, 1.807) is 12.4 Å². The molecule has 1 aromatic carbocycles. The molecule has 0 N–H and O–H groups in total. The molecule has 2 aliphatic rings. The number of hydrogen-bond acceptors (Lipinski definition) is 7. The van der Waals surface area contributed by atoms with Gasteiger partial charge in [-0.05, 0) is 76.4 Å². The quantitative estimate of drug-likeness (QED) is 0.423. The molecule has 0 aliphatic carbocycles. The van der Waals surface area contributed by atoms with Crippen molar-refractivity contribution in [3.05, 3.63) is 54.5 Å². The molecule has 38 heavy (non-hydrogen) atoms. The molecule has 3 aromatic rings. The third-order valence-electron chi connectivity index (χ3n) is 7.66. The Morgan fingerprint density at radius 3 is 2.63 bits per heavy atom. The zero-order valence-electron chi connectivity index (χ0n) is 22.8. The lowest BCUT2D eigenvalue weighted by atomic mass is 9.95. The van der Waals surface area contributed by atoms with E-state index in [1.807, 2.05) is 40.9 Å². The lowest BCUT2D eigenvalue weighted by Gasteiger charge is -2.35. The summed E-state index contributed by atoms with van der Waals surface area (Å²) in [6, 6.07) is 8.67. The van der Waals surface area contributed by atoms with Gasteiger partial charge in [-0.25, -0.2) is 14.6 Å². The van der Waals surface area contributed by atoms with Crippen molar-refractivity contribution in [2.24, 2.45) is 5.92 Å². The summed E-state index contributed by atoms with van der Waals surface area (Å²) < 4.78 is 7.54. The minimum atomic E-state index is 0.117. The molecular formula is C29H39N7O2. The van der Waals surface area contributed by atoms with Gasteiger partial charge in [0.1, 0.15) is 17.9 Å². The number of nitrogens with zero attached hydrogens (tertiary/aromatic N) is 7. The average Bonchev–Trinajstić information content (AvgIpc) is 3.35. The SMILES string of the molecule is CCOc1cccc(Cn2ncc3c(N4CCN(C(=O)C=CC5CCN(C(C)C)CC5)CC4)ncnc32)c1. The maximum atomic E-state index is 12.9. The van der Waals surface area contributed by atoms with Crippen molar-refractivity contribution in [2.45, 2.75) is 46.2 Å². The monoisotopic (exact) mass is 517 g/mol. The number of allylic oxidation sites excluding steroid dienone is 1. The molecule has 2 fully saturated rings. The van der Waals surface area contributed by atoms with Crippen molar-refractivity contribution in [1.82, 2.24) is 29.5 Å². The van der Waals surface area contributed by atoms with Crippen LogP contribution in [-0.4, -0.2) is 87.4 Å². The summed E-state index contributed by atoms with van der Waals surface area (Å²) in [7, 11) is 0. The number of ether oxygens (including phenoxy) is 1. The van der Waals surface area contributed by atoms with Crippen LogP contribution in [0.1, 0.15) is 39.2 Å². The number of carbonyl (C=O) groups excluding carboxylic acids is 1. The molecule has 9 nitrogen and oxygen atoms in total. The van der Waals surface area contributed by atoms with Crippen LogP contribution in [-0.2, 0) is 11.3 Å². The topological polar surface area (TPSA) is 79.6 Å². The predicted octanol–water partition coefficient (Wildman–Crippen LogP) is 3.60. The summed E-state index contributed by atoms with van der Waals surface area (Å²) in [5, 5.41) is 5.55. The molecule has 0 spiro atoms. The molecule has 0 radical (unpaired) electrons. The van der Waals surface area contributed by atoms with Crippen molar-refractivity contribution in [3.8, 4) is 5.75 Å². The number of piperazine rings is 1. The van der Waals surface area contributed by atoms with E-state index in [0.29, 0.717) is 38.2 Å². The second kappa shape index (κ2) is 11.9. The molecular weight excluding hydrogens is 478 g/mol. The highest BCUT2D eigenvalue weighted by molar-refractivity contribution is 5.89. The Morgan fingerprint density at radius 2 is 1.89 bits per heavy atom. The standard InChI is InChI=1S/C29H39N7O2/c1-4-38-25-7-5-6-24(18-25)20-36-29-26(19-32-36)28(30-21-31-29)35-16-14-34(15-17-35)27(37)9-8-23-10-12-33(13-11-23)22(2)3/h5-9,18-19,21-23H,4,10-17,20H2,1-3H3. The van der Waals surface area contributed by atoms with Crippen LogP contribution in [0.25, 0.3) is 11.0 Å². The second-order valence-corrected chi connectivity index (χ2v) is 10.5. The number of amides is 1. The largest absolute Gasteiger partial charge is 0.494 e. The first-order valence-corrected chi connectivity index (χ1v) is 13.9. The van der Waals surface area contributed by atoms with E-state index in [0.717, 1.165) is 67.2 Å². The third kappa shape index (κ3) is 5.99. The van der Waals surface area contributed by atoms with Gasteiger partial charge in [-0.1, -0.05) is 18.2 Å². The van der Waals surface area contributed by atoms with E-state index in [2.05, 4.69) is 50.9 Å². The Labute approximate surface area is 225 Å². The Kier molecular flexibility index (Phi) is 8.22. The van der Waals surface area contributed by atoms with E-state index < -0.39 is 0 Å². The molecule has 9 heteroatoms. The maximum absolute atomic E-state index is 12.9. The van der Waals surface area contributed by atoms with Gasteiger partial charge in [0.05, 0.1) is 24.7 Å². The third-order valence-corrected chi connectivity index (χ3v) is 7.66. The van der Waals surface area contributed by atoms with E-state index in [-0.39, 0.29) is 5.91 Å².